The molecular formula is C15H10F2N2OS3. The Balaban J connectivity index is 1.56. The van der Waals surface area contributed by atoms with E-state index in [2.05, 4.69) is 10.3 Å². The molecule has 3 aromatic rings. The van der Waals surface area contributed by atoms with Gasteiger partial charge in [0, 0.05) is 10.3 Å². The Morgan fingerprint density at radius 2 is 2.09 bits per heavy atom. The molecule has 23 heavy (non-hydrogen) atoms. The minimum Gasteiger partial charge on any atom is -0.301 e. The van der Waals surface area contributed by atoms with E-state index in [4.69, 9.17) is 0 Å². The highest BCUT2D eigenvalue weighted by molar-refractivity contribution is 8.00. The number of nitrogens with one attached hydrogen (secondary N) is 1. The van der Waals surface area contributed by atoms with Crippen LogP contribution < -0.4 is 5.32 Å². The lowest BCUT2D eigenvalue weighted by atomic mass is 10.3. The predicted molar refractivity (Wildman–Crippen MR) is 91.1 cm³/mol. The molecule has 0 saturated carbocycles. The van der Waals surface area contributed by atoms with E-state index in [1.165, 1.54) is 17.4 Å². The minimum absolute atomic E-state index is 0.0962. The van der Waals surface area contributed by atoms with E-state index in [9.17, 15) is 13.6 Å². The van der Waals surface area contributed by atoms with E-state index in [0.29, 0.717) is 10.0 Å². The molecule has 0 aliphatic rings. The second-order valence-corrected chi connectivity index (χ2v) is 7.28. The van der Waals surface area contributed by atoms with Crippen molar-refractivity contribution in [2.45, 2.75) is 4.90 Å². The number of halogens is 2. The Labute approximate surface area is 143 Å². The lowest BCUT2D eigenvalue weighted by Crippen LogP contribution is -2.13. The summed E-state index contributed by atoms with van der Waals surface area (Å²) in [5, 5.41) is 7.07. The van der Waals surface area contributed by atoms with Gasteiger partial charge in [-0.3, -0.25) is 4.79 Å². The molecule has 1 N–H and O–H groups in total. The van der Waals surface area contributed by atoms with Crippen LogP contribution in [0.5, 0.6) is 0 Å². The number of hydrogen-bond acceptors (Lipinski definition) is 5. The van der Waals surface area contributed by atoms with Crippen LogP contribution in [0.1, 0.15) is 0 Å². The van der Waals surface area contributed by atoms with Gasteiger partial charge in [-0.25, -0.2) is 13.8 Å². The lowest BCUT2D eigenvalue weighted by Gasteiger charge is -2.02. The first-order valence-corrected chi connectivity index (χ1v) is 9.23. The number of thiophene rings is 1. The van der Waals surface area contributed by atoms with Crippen LogP contribution in [0.15, 0.2) is 46.0 Å². The summed E-state index contributed by atoms with van der Waals surface area (Å²) >= 11 is 4.06. The molecule has 0 aliphatic carbocycles. The van der Waals surface area contributed by atoms with Crippen molar-refractivity contribution in [2.75, 3.05) is 11.1 Å². The zero-order chi connectivity index (χ0) is 16.2. The number of benzene rings is 1. The van der Waals surface area contributed by atoms with E-state index >= 15 is 0 Å². The number of thiazole rings is 1. The number of carbonyl (C=O) groups excluding carboxylic acids is 1. The van der Waals surface area contributed by atoms with Crippen LogP contribution in [0.4, 0.5) is 13.9 Å². The van der Waals surface area contributed by atoms with E-state index in [0.717, 1.165) is 34.5 Å². The summed E-state index contributed by atoms with van der Waals surface area (Å²) in [5.74, 6) is -1.97. The zero-order valence-electron chi connectivity index (χ0n) is 11.6. The smallest absolute Gasteiger partial charge is 0.236 e. The molecule has 2 aromatic heterocycles. The summed E-state index contributed by atoms with van der Waals surface area (Å²) in [6.07, 6.45) is 0. The van der Waals surface area contributed by atoms with Gasteiger partial charge in [0.05, 0.1) is 16.3 Å². The summed E-state index contributed by atoms with van der Waals surface area (Å²) < 4.78 is 25.9. The molecule has 1 aromatic carbocycles. The number of nitrogens with zero attached hydrogens (tertiary/aromatic N) is 1. The molecular weight excluding hydrogens is 358 g/mol. The average Bonchev–Trinajstić information content (AvgIpc) is 3.19. The Bertz CT molecular complexity index is 818. The highest BCUT2D eigenvalue weighted by Gasteiger charge is 2.10. The van der Waals surface area contributed by atoms with Crippen LogP contribution in [0, 0.1) is 11.6 Å². The Morgan fingerprint density at radius 3 is 2.83 bits per heavy atom. The van der Waals surface area contributed by atoms with Crippen LogP contribution in [-0.4, -0.2) is 16.6 Å². The molecule has 0 unspecified atom stereocenters. The zero-order valence-corrected chi connectivity index (χ0v) is 14.0. The molecule has 1 amide bonds. The molecule has 0 radical (unpaired) electrons. The molecule has 0 atom stereocenters. The number of rotatable bonds is 5. The van der Waals surface area contributed by atoms with Crippen LogP contribution in [0.25, 0.3) is 10.6 Å². The molecule has 2 heterocycles. The normalized spacial score (nSPS) is 10.7. The second-order valence-electron chi connectivity index (χ2n) is 4.43. The van der Waals surface area contributed by atoms with E-state index in [1.54, 1.807) is 11.3 Å². The van der Waals surface area contributed by atoms with Gasteiger partial charge in [0.15, 0.2) is 16.8 Å². The molecule has 0 aliphatic heterocycles. The molecule has 8 heteroatoms. The van der Waals surface area contributed by atoms with Gasteiger partial charge in [0.1, 0.15) is 0 Å². The summed E-state index contributed by atoms with van der Waals surface area (Å²) in [5.41, 5.74) is 0.827. The van der Waals surface area contributed by atoms with Gasteiger partial charge in [0.25, 0.3) is 0 Å². The Kier molecular flexibility index (Phi) is 5.04. The van der Waals surface area contributed by atoms with Crippen molar-refractivity contribution in [2.24, 2.45) is 0 Å². The summed E-state index contributed by atoms with van der Waals surface area (Å²) in [6, 6.07) is 7.46. The SMILES string of the molecule is O=C(CSc1ccc(F)c(F)c1)Nc1nc(-c2cccs2)cs1. The van der Waals surface area contributed by atoms with Gasteiger partial charge in [-0.15, -0.1) is 34.4 Å². The molecule has 0 spiro atoms. The number of hydrogen-bond donors (Lipinski definition) is 1. The third kappa shape index (κ3) is 4.15. The third-order valence-electron chi connectivity index (χ3n) is 2.79. The first kappa shape index (κ1) is 16.1. The van der Waals surface area contributed by atoms with Crippen LogP contribution >= 0.6 is 34.4 Å². The maximum atomic E-state index is 13.1. The fourth-order valence-electron chi connectivity index (χ4n) is 1.74. The maximum Gasteiger partial charge on any atom is 0.236 e. The van der Waals surface area contributed by atoms with Crippen molar-refractivity contribution in [3.8, 4) is 10.6 Å². The van der Waals surface area contributed by atoms with Gasteiger partial charge in [-0.05, 0) is 29.6 Å². The number of amides is 1. The number of thioether (sulfide) groups is 1. The standard InChI is InChI=1S/C15H10F2N2OS3/c16-10-4-3-9(6-11(10)17)22-8-14(20)19-15-18-12(7-23-15)13-2-1-5-21-13/h1-7H,8H2,(H,18,19,20). The van der Waals surface area contributed by atoms with E-state index < -0.39 is 11.6 Å². The number of carbonyl (C=O) groups is 1. The van der Waals surface area contributed by atoms with E-state index in [-0.39, 0.29) is 11.7 Å². The van der Waals surface area contributed by atoms with Gasteiger partial charge < -0.3 is 5.32 Å². The topological polar surface area (TPSA) is 42.0 Å². The second kappa shape index (κ2) is 7.20. The summed E-state index contributed by atoms with van der Waals surface area (Å²) in [7, 11) is 0. The average molecular weight is 368 g/mol. The fourth-order valence-corrected chi connectivity index (χ4v) is 3.95. The van der Waals surface area contributed by atoms with Crippen molar-refractivity contribution < 1.29 is 13.6 Å². The fraction of sp³-hybridized carbons (Fsp3) is 0.0667. The third-order valence-corrected chi connectivity index (χ3v) is 5.43. The first-order valence-electron chi connectivity index (χ1n) is 6.49. The van der Waals surface area contributed by atoms with Gasteiger partial charge in [-0.1, -0.05) is 6.07 Å². The maximum absolute atomic E-state index is 13.1. The van der Waals surface area contributed by atoms with Crippen LogP contribution in [0.2, 0.25) is 0 Å². The van der Waals surface area contributed by atoms with Crippen molar-refractivity contribution >= 4 is 45.5 Å². The monoisotopic (exact) mass is 368 g/mol. The van der Waals surface area contributed by atoms with Gasteiger partial charge in [0.2, 0.25) is 5.91 Å². The van der Waals surface area contributed by atoms with Crippen molar-refractivity contribution in [3.63, 3.8) is 0 Å². The minimum atomic E-state index is -0.920. The molecule has 118 valence electrons. The summed E-state index contributed by atoms with van der Waals surface area (Å²) in [6.45, 7) is 0. The van der Waals surface area contributed by atoms with Crippen LogP contribution in [0.3, 0.4) is 0 Å². The van der Waals surface area contributed by atoms with Crippen LogP contribution in [-0.2, 0) is 4.79 Å². The first-order chi connectivity index (χ1) is 11.1. The van der Waals surface area contributed by atoms with Gasteiger partial charge >= 0.3 is 0 Å². The molecule has 3 nitrogen and oxygen atoms in total. The molecule has 3 rings (SSSR count). The van der Waals surface area contributed by atoms with Crippen molar-refractivity contribution in [3.05, 3.63) is 52.7 Å². The Morgan fingerprint density at radius 1 is 1.22 bits per heavy atom. The summed E-state index contributed by atoms with van der Waals surface area (Å²) in [4.78, 5) is 17.8. The van der Waals surface area contributed by atoms with Crippen molar-refractivity contribution in [1.82, 2.24) is 4.98 Å². The number of aromatic nitrogens is 1. The predicted octanol–water partition coefficient (Wildman–Crippen LogP) is 4.88. The highest BCUT2D eigenvalue weighted by Crippen LogP contribution is 2.28. The highest BCUT2D eigenvalue weighted by atomic mass is 32.2. The van der Waals surface area contributed by atoms with Crippen molar-refractivity contribution in [1.29, 1.82) is 0 Å². The molecule has 0 saturated heterocycles. The molecule has 0 fully saturated rings. The molecule has 0 bridgehead atoms. The van der Waals surface area contributed by atoms with Gasteiger partial charge in [-0.2, -0.15) is 0 Å². The lowest BCUT2D eigenvalue weighted by molar-refractivity contribution is -0.113. The van der Waals surface area contributed by atoms with E-state index in [1.807, 2.05) is 22.9 Å². The quantitative estimate of drug-likeness (QED) is 0.653. The Hall–Kier alpha value is -1.77. The largest absolute Gasteiger partial charge is 0.301 e. The number of anilines is 1.